The lowest BCUT2D eigenvalue weighted by atomic mass is 9.67. The molecule has 3 atom stereocenters. The fraction of sp³-hybridized carbons (Fsp3) is 0.0571. The number of nitrogens with zero attached hydrogens (tertiary/aromatic N) is 2. The summed E-state index contributed by atoms with van der Waals surface area (Å²) in [5, 5.41) is 5.05. The van der Waals surface area contributed by atoms with Crippen LogP contribution in [0.25, 0.3) is 99.5 Å². The van der Waals surface area contributed by atoms with Gasteiger partial charge in [-0.2, -0.15) is 0 Å². The minimum absolute atomic E-state index is 0.116. The molecule has 13 aromatic rings. The normalized spacial score (nSPS) is 17.4. The summed E-state index contributed by atoms with van der Waals surface area (Å²) in [4.78, 5) is 0. The monoisotopic (exact) mass is 912 g/mol. The second kappa shape index (κ2) is 14.1. The van der Waals surface area contributed by atoms with Gasteiger partial charge in [0.2, 0.25) is 0 Å². The van der Waals surface area contributed by atoms with Gasteiger partial charge in [0, 0.05) is 44.4 Å². The number of fused-ring (bicyclic) bond motifs is 15. The summed E-state index contributed by atoms with van der Waals surface area (Å²) in [7, 11) is 0. The topological polar surface area (TPSA) is 9.86 Å². The molecule has 0 radical (unpaired) electrons. The van der Waals surface area contributed by atoms with Gasteiger partial charge in [0.15, 0.2) is 0 Å². The van der Waals surface area contributed by atoms with Crippen molar-refractivity contribution in [2.24, 2.45) is 0 Å². The quantitative estimate of drug-likeness (QED) is 0.166. The molecular weight excluding hydrogens is 869 g/mol. The summed E-state index contributed by atoms with van der Waals surface area (Å²) >= 11 is 0. The third kappa shape index (κ3) is 4.84. The van der Waals surface area contributed by atoms with Crippen molar-refractivity contribution in [1.82, 2.24) is 9.13 Å². The van der Waals surface area contributed by atoms with Crippen LogP contribution in [0.3, 0.4) is 0 Å². The third-order valence-corrected chi connectivity index (χ3v) is 17.4. The maximum absolute atomic E-state index is 2.67. The van der Waals surface area contributed by atoms with Crippen molar-refractivity contribution in [3.8, 4) is 55.9 Å². The molecule has 2 heteroatoms. The van der Waals surface area contributed by atoms with Crippen LogP contribution in [0.1, 0.15) is 56.3 Å². The fourth-order valence-electron chi connectivity index (χ4n) is 14.6. The molecule has 2 heterocycles. The molecule has 4 aliphatic carbocycles. The number of hydrogen-bond donors (Lipinski definition) is 0. The van der Waals surface area contributed by atoms with Gasteiger partial charge in [0.1, 0.15) is 0 Å². The molecule has 3 unspecified atom stereocenters. The van der Waals surface area contributed by atoms with Crippen molar-refractivity contribution < 1.29 is 0 Å². The smallest absolute Gasteiger partial charge is 0.0749 e. The summed E-state index contributed by atoms with van der Waals surface area (Å²) in [5.74, 6) is 0.328. The van der Waals surface area contributed by atoms with Crippen LogP contribution in [0.5, 0.6) is 0 Å². The van der Waals surface area contributed by atoms with Gasteiger partial charge < -0.3 is 9.13 Å². The largest absolute Gasteiger partial charge is 0.309 e. The fourth-order valence-corrected chi connectivity index (χ4v) is 14.6. The van der Waals surface area contributed by atoms with Crippen molar-refractivity contribution in [2.75, 3.05) is 0 Å². The van der Waals surface area contributed by atoms with E-state index in [0.29, 0.717) is 0 Å². The first-order chi connectivity index (χ1) is 35.7. The molecule has 4 aliphatic rings. The van der Waals surface area contributed by atoms with E-state index < -0.39 is 5.41 Å². The molecule has 72 heavy (non-hydrogen) atoms. The number of para-hydroxylation sites is 3. The number of benzene rings is 11. The Morgan fingerprint density at radius 3 is 1.82 bits per heavy atom. The number of rotatable bonds is 4. The van der Waals surface area contributed by atoms with E-state index in [9.17, 15) is 0 Å². The molecule has 0 aliphatic heterocycles. The van der Waals surface area contributed by atoms with Crippen LogP contribution in [0.2, 0.25) is 0 Å². The summed E-state index contributed by atoms with van der Waals surface area (Å²) < 4.78 is 5.06. The summed E-state index contributed by atoms with van der Waals surface area (Å²) in [6.45, 7) is 0. The molecule has 0 fully saturated rings. The van der Waals surface area contributed by atoms with E-state index in [4.69, 9.17) is 0 Å². The van der Waals surface area contributed by atoms with Crippen LogP contribution < -0.4 is 0 Å². The van der Waals surface area contributed by atoms with Gasteiger partial charge in [-0.1, -0.05) is 194 Å². The zero-order chi connectivity index (χ0) is 46.8. The number of hydrogen-bond acceptors (Lipinski definition) is 0. The molecule has 17 rings (SSSR count). The lowest BCUT2D eigenvalue weighted by Gasteiger charge is -2.34. The van der Waals surface area contributed by atoms with Crippen LogP contribution in [-0.4, -0.2) is 9.13 Å². The molecule has 334 valence electrons. The molecule has 0 saturated carbocycles. The first-order valence-electron chi connectivity index (χ1n) is 25.6. The highest BCUT2D eigenvalue weighted by molar-refractivity contribution is 6.16. The van der Waals surface area contributed by atoms with E-state index in [-0.39, 0.29) is 11.8 Å². The first kappa shape index (κ1) is 38.8. The number of aromatic nitrogens is 2. The zero-order valence-electron chi connectivity index (χ0n) is 39.4. The van der Waals surface area contributed by atoms with Gasteiger partial charge in [-0.05, 0) is 144 Å². The lowest BCUT2D eigenvalue weighted by Crippen LogP contribution is -2.28. The molecule has 11 aromatic carbocycles. The lowest BCUT2D eigenvalue weighted by molar-refractivity contribution is 0.604. The minimum Gasteiger partial charge on any atom is -0.309 e. The van der Waals surface area contributed by atoms with E-state index in [1.54, 1.807) is 0 Å². The Kier molecular flexibility index (Phi) is 7.60. The van der Waals surface area contributed by atoms with Crippen molar-refractivity contribution in [3.63, 3.8) is 0 Å². The second-order valence-corrected chi connectivity index (χ2v) is 20.6. The second-order valence-electron chi connectivity index (χ2n) is 20.6. The van der Waals surface area contributed by atoms with Gasteiger partial charge in [0.05, 0.1) is 27.5 Å². The molecule has 2 aromatic heterocycles. The van der Waals surface area contributed by atoms with E-state index in [2.05, 4.69) is 252 Å². The average molecular weight is 913 g/mol. The van der Waals surface area contributed by atoms with Gasteiger partial charge in [-0.25, -0.2) is 0 Å². The molecule has 0 amide bonds. The van der Waals surface area contributed by atoms with Gasteiger partial charge >= 0.3 is 0 Å². The van der Waals surface area contributed by atoms with Crippen LogP contribution in [0, 0.1) is 0 Å². The van der Waals surface area contributed by atoms with E-state index >= 15 is 0 Å². The van der Waals surface area contributed by atoms with Crippen molar-refractivity contribution in [3.05, 3.63) is 287 Å². The Balaban J connectivity index is 1.02. The van der Waals surface area contributed by atoms with Gasteiger partial charge in [0.25, 0.3) is 0 Å². The zero-order valence-corrected chi connectivity index (χ0v) is 39.4. The highest BCUT2D eigenvalue weighted by atomic mass is 15.0. The van der Waals surface area contributed by atoms with E-state index in [1.165, 1.54) is 144 Å². The van der Waals surface area contributed by atoms with E-state index in [0.717, 1.165) is 6.42 Å². The van der Waals surface area contributed by atoms with Gasteiger partial charge in [-0.15, -0.1) is 0 Å². The molecule has 1 spiro atoms. The van der Waals surface area contributed by atoms with E-state index in [1.807, 2.05) is 0 Å². The third-order valence-electron chi connectivity index (χ3n) is 17.4. The summed E-state index contributed by atoms with van der Waals surface area (Å²) in [6, 6.07) is 92.7. The Morgan fingerprint density at radius 1 is 0.347 bits per heavy atom. The van der Waals surface area contributed by atoms with Crippen LogP contribution in [0.15, 0.2) is 243 Å². The van der Waals surface area contributed by atoms with Crippen LogP contribution >= 0.6 is 0 Å². The minimum atomic E-state index is -0.589. The Morgan fingerprint density at radius 2 is 0.986 bits per heavy atom. The van der Waals surface area contributed by atoms with Crippen LogP contribution in [-0.2, 0) is 11.8 Å². The molecule has 0 saturated heterocycles. The Labute approximate surface area is 417 Å². The van der Waals surface area contributed by atoms with Crippen molar-refractivity contribution in [2.45, 2.75) is 23.7 Å². The Bertz CT molecular complexity index is 4480. The van der Waals surface area contributed by atoms with Crippen LogP contribution in [0.4, 0.5) is 0 Å². The SMILES string of the molecule is c1ccc(-c2ccc3c(c2)-c2ccc4c5c2C(c2ccc6c(c2)C5(c2ccccc2-4)c2c-6ccc4c5ccccc5n(-c5ccc6c(c5)c5ccccc5n6-c5ccccc5)c24)C(c2ccccc2)C3)cc1. The van der Waals surface area contributed by atoms with Gasteiger partial charge in [-0.3, -0.25) is 0 Å². The average Bonchev–Trinajstić information content (AvgIpc) is 4.10. The Hall–Kier alpha value is -8.98. The predicted molar refractivity (Wildman–Crippen MR) is 297 cm³/mol. The van der Waals surface area contributed by atoms with Crippen molar-refractivity contribution in [1.29, 1.82) is 0 Å². The molecule has 0 N–H and O–H groups in total. The first-order valence-corrected chi connectivity index (χ1v) is 25.6. The molecule has 2 nitrogen and oxygen atoms in total. The van der Waals surface area contributed by atoms with Crippen molar-refractivity contribution >= 4 is 43.6 Å². The molecule has 2 bridgehead atoms. The highest BCUT2D eigenvalue weighted by Gasteiger charge is 2.57. The summed E-state index contributed by atoms with van der Waals surface area (Å²) in [5.41, 5.74) is 28.6. The standard InChI is InChI=1S/C70H44N2/c1-4-16-42(17-5-1)44-28-29-45-39-58(43-18-6-2-7-19-43)65-46-30-32-50-55-35-36-56-51-23-11-15-27-63(51)72(48-31-37-64-59(41-48)52-24-12-14-26-62(52)71(64)47-20-8-3-9-21-47)69(56)68(55)70(61(50)40-46)60-25-13-10-22-49(60)54-34-33-53(57(45)38-44)66(65)67(54)70/h1-38,40-41,58,65H,39H2. The maximum Gasteiger partial charge on any atom is 0.0749 e. The molecular formula is C70H44N2. The predicted octanol–water partition coefficient (Wildman–Crippen LogP) is 17.3. The highest BCUT2D eigenvalue weighted by Crippen LogP contribution is 2.69. The maximum atomic E-state index is 2.67. The summed E-state index contributed by atoms with van der Waals surface area (Å²) in [6.07, 6.45) is 0.942.